The molecule has 1 amide bonds. The number of amides is 1. The fourth-order valence-electron chi connectivity index (χ4n) is 4.00. The Morgan fingerprint density at radius 2 is 1.67 bits per heavy atom. The molecular weight excluding hydrogens is 375 g/mol. The molecule has 1 heterocycles. The summed E-state index contributed by atoms with van der Waals surface area (Å²) in [6.07, 6.45) is 0. The van der Waals surface area contributed by atoms with E-state index in [1.165, 1.54) is 12.1 Å². The highest BCUT2D eigenvalue weighted by Gasteiger charge is 2.17. The number of carbonyl (C=O) groups excluding carboxylic acids is 1. The quantitative estimate of drug-likeness (QED) is 0.428. The van der Waals surface area contributed by atoms with Gasteiger partial charge in [0.1, 0.15) is 5.82 Å². The third-order valence-electron chi connectivity index (χ3n) is 5.42. The predicted molar refractivity (Wildman–Crippen MR) is 118 cm³/mol. The highest BCUT2D eigenvalue weighted by Crippen LogP contribution is 2.34. The van der Waals surface area contributed by atoms with Gasteiger partial charge in [-0.05, 0) is 59.2 Å². The Labute approximate surface area is 173 Å². The summed E-state index contributed by atoms with van der Waals surface area (Å²) in [6.45, 7) is 0.536. The normalized spacial score (nSPS) is 11.2. The van der Waals surface area contributed by atoms with E-state index in [1.807, 2.05) is 36.4 Å². The van der Waals surface area contributed by atoms with Crippen molar-refractivity contribution in [1.82, 2.24) is 4.57 Å². The summed E-state index contributed by atoms with van der Waals surface area (Å²) in [7, 11) is 0. The molecule has 0 saturated carbocycles. The summed E-state index contributed by atoms with van der Waals surface area (Å²) < 4.78 is 15.5. The first-order chi connectivity index (χ1) is 14.6. The second-order valence-electron chi connectivity index (χ2n) is 7.29. The topological polar surface area (TPSA) is 48.0 Å². The van der Waals surface area contributed by atoms with Gasteiger partial charge in [-0.15, -0.1) is 0 Å². The molecule has 0 aliphatic carbocycles. The van der Waals surface area contributed by atoms with E-state index in [0.29, 0.717) is 12.1 Å². The maximum Gasteiger partial charge on any atom is 0.249 e. The molecule has 30 heavy (non-hydrogen) atoms. The van der Waals surface area contributed by atoms with Crippen LogP contribution in [-0.2, 0) is 6.54 Å². The van der Waals surface area contributed by atoms with Crippen LogP contribution in [0.15, 0.2) is 84.9 Å². The van der Waals surface area contributed by atoms with Crippen LogP contribution in [0.1, 0.15) is 15.9 Å². The standard InChI is InChI=1S/C26H18FN2O/c27-20-12-9-17(10-13-20)16-29-23-8-4-7-22(26(28)30)25(23)21-14-11-19(15-24(21)29)18-5-2-1-3-6-18/h1-13,15H,16H2,(H2,28,30). The van der Waals surface area contributed by atoms with Gasteiger partial charge < -0.3 is 10.3 Å². The summed E-state index contributed by atoms with van der Waals surface area (Å²) in [6, 6.07) is 29.5. The third kappa shape index (κ3) is 3.03. The van der Waals surface area contributed by atoms with Crippen molar-refractivity contribution in [3.8, 4) is 11.1 Å². The first-order valence-electron chi connectivity index (χ1n) is 9.68. The number of rotatable bonds is 4. The number of fused-ring (bicyclic) bond motifs is 3. The van der Waals surface area contributed by atoms with E-state index in [-0.39, 0.29) is 5.82 Å². The van der Waals surface area contributed by atoms with Crippen LogP contribution in [0.3, 0.4) is 0 Å². The van der Waals surface area contributed by atoms with Gasteiger partial charge in [-0.1, -0.05) is 48.5 Å². The molecule has 5 rings (SSSR count). The number of halogens is 1. The van der Waals surface area contributed by atoms with Crippen LogP contribution in [0.5, 0.6) is 0 Å². The zero-order valence-electron chi connectivity index (χ0n) is 16.1. The molecule has 4 heteroatoms. The zero-order chi connectivity index (χ0) is 20.7. The molecule has 0 spiro atoms. The van der Waals surface area contributed by atoms with Gasteiger partial charge in [0.2, 0.25) is 5.91 Å². The molecule has 1 radical (unpaired) electrons. The van der Waals surface area contributed by atoms with E-state index in [9.17, 15) is 9.18 Å². The Morgan fingerprint density at radius 3 is 2.40 bits per heavy atom. The summed E-state index contributed by atoms with van der Waals surface area (Å²) >= 11 is 0. The van der Waals surface area contributed by atoms with Crippen molar-refractivity contribution >= 4 is 27.7 Å². The molecule has 1 aromatic heterocycles. The van der Waals surface area contributed by atoms with Gasteiger partial charge in [0.15, 0.2) is 0 Å². The molecule has 0 unspecified atom stereocenters. The third-order valence-corrected chi connectivity index (χ3v) is 5.42. The lowest BCUT2D eigenvalue weighted by atomic mass is 10.0. The van der Waals surface area contributed by atoms with E-state index >= 15 is 0 Å². The largest absolute Gasteiger partial charge is 0.366 e. The molecule has 145 valence electrons. The number of aromatic nitrogens is 1. The summed E-state index contributed by atoms with van der Waals surface area (Å²) in [5.41, 5.74) is 11.1. The van der Waals surface area contributed by atoms with E-state index in [1.54, 1.807) is 18.2 Å². The van der Waals surface area contributed by atoms with Crippen LogP contribution in [0, 0.1) is 11.9 Å². The van der Waals surface area contributed by atoms with Crippen molar-refractivity contribution in [3.05, 3.63) is 108 Å². The van der Waals surface area contributed by atoms with Crippen molar-refractivity contribution in [3.63, 3.8) is 0 Å². The highest BCUT2D eigenvalue weighted by molar-refractivity contribution is 6.18. The second kappa shape index (κ2) is 7.16. The maximum atomic E-state index is 13.4. The lowest BCUT2D eigenvalue weighted by molar-refractivity contribution is 0.100. The highest BCUT2D eigenvalue weighted by atomic mass is 19.1. The van der Waals surface area contributed by atoms with Crippen LogP contribution in [0.4, 0.5) is 4.39 Å². The fourth-order valence-corrected chi connectivity index (χ4v) is 4.00. The number of nitrogens with zero attached hydrogens (tertiary/aromatic N) is 1. The van der Waals surface area contributed by atoms with Gasteiger partial charge in [-0.25, -0.2) is 4.39 Å². The average molecular weight is 393 g/mol. The minimum absolute atomic E-state index is 0.267. The lowest BCUT2D eigenvalue weighted by Crippen LogP contribution is -2.11. The van der Waals surface area contributed by atoms with Gasteiger partial charge in [-0.3, -0.25) is 4.79 Å². The van der Waals surface area contributed by atoms with Crippen molar-refractivity contribution in [2.75, 3.05) is 0 Å². The lowest BCUT2D eigenvalue weighted by Gasteiger charge is -2.09. The summed E-state index contributed by atoms with van der Waals surface area (Å²) in [4.78, 5) is 12.1. The van der Waals surface area contributed by atoms with Crippen LogP contribution in [-0.4, -0.2) is 10.5 Å². The molecule has 4 aromatic carbocycles. The monoisotopic (exact) mass is 393 g/mol. The van der Waals surface area contributed by atoms with Crippen LogP contribution >= 0.6 is 0 Å². The molecule has 2 N–H and O–H groups in total. The minimum atomic E-state index is -0.470. The maximum absolute atomic E-state index is 13.4. The van der Waals surface area contributed by atoms with Gasteiger partial charge in [0, 0.05) is 22.9 Å². The molecule has 0 fully saturated rings. The fraction of sp³-hybridized carbons (Fsp3) is 0.0385. The SMILES string of the molecule is NC(=O)c1cccc2c1c1[c]cc(-c3ccccc3)cc1n2Cc1ccc(F)cc1. The number of benzene rings is 4. The molecule has 5 aromatic rings. The number of nitrogens with two attached hydrogens (primary N) is 1. The van der Waals surface area contributed by atoms with Crippen molar-refractivity contribution < 1.29 is 9.18 Å². The number of hydrogen-bond acceptors (Lipinski definition) is 1. The number of carbonyl (C=O) groups is 1. The number of hydrogen-bond donors (Lipinski definition) is 1. The van der Waals surface area contributed by atoms with Crippen molar-refractivity contribution in [2.24, 2.45) is 5.73 Å². The molecule has 0 aliphatic heterocycles. The molecule has 0 saturated heterocycles. The van der Waals surface area contributed by atoms with E-state index in [0.717, 1.165) is 38.5 Å². The first-order valence-corrected chi connectivity index (χ1v) is 9.68. The Balaban J connectivity index is 1.80. The summed E-state index contributed by atoms with van der Waals surface area (Å²) in [5.74, 6) is -0.737. The Kier molecular flexibility index (Phi) is 4.32. The molecule has 0 bridgehead atoms. The second-order valence-corrected chi connectivity index (χ2v) is 7.29. The van der Waals surface area contributed by atoms with Gasteiger partial charge in [0.25, 0.3) is 0 Å². The number of primary amides is 1. The van der Waals surface area contributed by atoms with Gasteiger partial charge in [-0.2, -0.15) is 0 Å². The minimum Gasteiger partial charge on any atom is -0.366 e. The molecule has 0 aliphatic rings. The average Bonchev–Trinajstić information content (AvgIpc) is 3.09. The Bertz CT molecular complexity index is 1390. The van der Waals surface area contributed by atoms with E-state index < -0.39 is 5.91 Å². The molecule has 3 nitrogen and oxygen atoms in total. The Morgan fingerprint density at radius 1 is 0.900 bits per heavy atom. The predicted octanol–water partition coefficient (Wildman–Crippen LogP) is 5.55. The zero-order valence-corrected chi connectivity index (χ0v) is 16.1. The molecular formula is C26H18FN2O. The van der Waals surface area contributed by atoms with Crippen LogP contribution in [0.25, 0.3) is 32.9 Å². The van der Waals surface area contributed by atoms with Crippen molar-refractivity contribution in [2.45, 2.75) is 6.54 Å². The van der Waals surface area contributed by atoms with Crippen molar-refractivity contribution in [1.29, 1.82) is 0 Å². The van der Waals surface area contributed by atoms with E-state index in [4.69, 9.17) is 5.73 Å². The summed E-state index contributed by atoms with van der Waals surface area (Å²) in [5, 5.41) is 1.64. The van der Waals surface area contributed by atoms with Gasteiger partial charge in [0.05, 0.1) is 11.0 Å². The van der Waals surface area contributed by atoms with Gasteiger partial charge >= 0.3 is 0 Å². The first kappa shape index (κ1) is 18.1. The van der Waals surface area contributed by atoms with E-state index in [2.05, 4.69) is 28.8 Å². The Hall–Kier alpha value is -3.92. The van der Waals surface area contributed by atoms with Crippen LogP contribution in [0.2, 0.25) is 0 Å². The molecule has 0 atom stereocenters. The smallest absolute Gasteiger partial charge is 0.249 e. The van der Waals surface area contributed by atoms with Crippen LogP contribution < -0.4 is 5.73 Å².